The number of alkyl halides is 1. The number of amides is 1. The minimum atomic E-state index is -0.562. The van der Waals surface area contributed by atoms with Crippen molar-refractivity contribution >= 4 is 17.5 Å². The molecule has 1 aromatic rings. The fourth-order valence-corrected chi connectivity index (χ4v) is 1.67. The Hall–Kier alpha value is -1.62. The molecule has 0 bridgehead atoms. The molecular formula is C14H20ClNO4. The number of methoxy groups -OCH3 is 2. The van der Waals surface area contributed by atoms with Crippen LogP contribution in [0.15, 0.2) is 18.2 Å². The summed E-state index contributed by atoms with van der Waals surface area (Å²) in [6, 6.07) is 5.37. The average Bonchev–Trinajstić information content (AvgIpc) is 2.44. The Morgan fingerprint density at radius 2 is 1.90 bits per heavy atom. The van der Waals surface area contributed by atoms with Gasteiger partial charge in [-0.05, 0) is 26.0 Å². The van der Waals surface area contributed by atoms with E-state index in [4.69, 9.17) is 25.8 Å². The van der Waals surface area contributed by atoms with E-state index in [1.54, 1.807) is 33.3 Å². The number of rotatable bonds is 7. The summed E-state index contributed by atoms with van der Waals surface area (Å²) in [5, 5.41) is 2.14. The van der Waals surface area contributed by atoms with Crippen LogP contribution in [0.4, 0.5) is 0 Å². The molecule has 0 saturated carbocycles. The van der Waals surface area contributed by atoms with Gasteiger partial charge >= 0.3 is 0 Å². The molecule has 6 heteroatoms. The first-order chi connectivity index (χ1) is 9.49. The molecule has 5 nitrogen and oxygen atoms in total. The van der Waals surface area contributed by atoms with Gasteiger partial charge < -0.3 is 19.5 Å². The molecule has 1 N–H and O–H groups in total. The maximum atomic E-state index is 11.4. The fraction of sp³-hybridized carbons (Fsp3) is 0.500. The van der Waals surface area contributed by atoms with Gasteiger partial charge in [0.1, 0.15) is 11.5 Å². The number of carbonyl (C=O) groups is 1. The van der Waals surface area contributed by atoms with Crippen LogP contribution in [0, 0.1) is 0 Å². The Morgan fingerprint density at radius 3 is 2.45 bits per heavy atom. The standard InChI is InChI=1S/C14H20ClNO4/c1-9(8-16-14(17)10(2)15)20-12-7-5-6-11(18-3)13(12)19-4/h5-7,9-10H,8H2,1-4H3,(H,16,17). The van der Waals surface area contributed by atoms with Crippen molar-refractivity contribution in [1.82, 2.24) is 5.32 Å². The molecule has 0 saturated heterocycles. The van der Waals surface area contributed by atoms with Crippen molar-refractivity contribution in [3.8, 4) is 17.2 Å². The molecule has 0 spiro atoms. The van der Waals surface area contributed by atoms with Crippen LogP contribution in [0.3, 0.4) is 0 Å². The number of para-hydroxylation sites is 1. The van der Waals surface area contributed by atoms with Crippen LogP contribution in [0.1, 0.15) is 13.8 Å². The molecule has 2 atom stereocenters. The first-order valence-corrected chi connectivity index (χ1v) is 6.72. The van der Waals surface area contributed by atoms with E-state index in [2.05, 4.69) is 5.32 Å². The van der Waals surface area contributed by atoms with Crippen molar-refractivity contribution in [2.45, 2.75) is 25.3 Å². The van der Waals surface area contributed by atoms with Crippen molar-refractivity contribution in [2.75, 3.05) is 20.8 Å². The second-order valence-corrected chi connectivity index (χ2v) is 4.94. The minimum absolute atomic E-state index is 0.222. The Labute approximate surface area is 124 Å². The zero-order valence-electron chi connectivity index (χ0n) is 12.1. The maximum Gasteiger partial charge on any atom is 0.237 e. The SMILES string of the molecule is COc1cccc(OC(C)CNC(=O)C(C)Cl)c1OC. The predicted molar refractivity (Wildman–Crippen MR) is 78.0 cm³/mol. The average molecular weight is 302 g/mol. The monoisotopic (exact) mass is 301 g/mol. The van der Waals surface area contributed by atoms with E-state index in [0.717, 1.165) is 0 Å². The molecule has 2 unspecified atom stereocenters. The van der Waals surface area contributed by atoms with Crippen molar-refractivity contribution in [1.29, 1.82) is 0 Å². The van der Waals surface area contributed by atoms with Crippen LogP contribution < -0.4 is 19.5 Å². The highest BCUT2D eigenvalue weighted by Crippen LogP contribution is 2.36. The lowest BCUT2D eigenvalue weighted by molar-refractivity contribution is -0.120. The third-order valence-corrected chi connectivity index (χ3v) is 2.82. The van der Waals surface area contributed by atoms with E-state index in [0.29, 0.717) is 23.8 Å². The van der Waals surface area contributed by atoms with Gasteiger partial charge in [-0.2, -0.15) is 0 Å². The second kappa shape index (κ2) is 7.85. The molecule has 1 rings (SSSR count). The Morgan fingerprint density at radius 1 is 1.25 bits per heavy atom. The van der Waals surface area contributed by atoms with Crippen molar-refractivity contribution in [3.63, 3.8) is 0 Å². The maximum absolute atomic E-state index is 11.4. The number of benzene rings is 1. The number of nitrogens with one attached hydrogen (secondary N) is 1. The first-order valence-electron chi connectivity index (χ1n) is 6.29. The van der Waals surface area contributed by atoms with Gasteiger partial charge in [-0.1, -0.05) is 6.07 Å². The van der Waals surface area contributed by atoms with Gasteiger partial charge in [0, 0.05) is 0 Å². The zero-order chi connectivity index (χ0) is 15.1. The summed E-state index contributed by atoms with van der Waals surface area (Å²) in [4.78, 5) is 11.4. The molecule has 0 fully saturated rings. The highest BCUT2D eigenvalue weighted by Gasteiger charge is 2.15. The van der Waals surface area contributed by atoms with E-state index in [1.807, 2.05) is 13.0 Å². The molecule has 0 aliphatic heterocycles. The molecule has 0 radical (unpaired) electrons. The quantitative estimate of drug-likeness (QED) is 0.785. The zero-order valence-corrected chi connectivity index (χ0v) is 12.9. The smallest absolute Gasteiger partial charge is 0.237 e. The highest BCUT2D eigenvalue weighted by atomic mass is 35.5. The number of hydrogen-bond donors (Lipinski definition) is 1. The second-order valence-electron chi connectivity index (χ2n) is 4.28. The summed E-state index contributed by atoms with van der Waals surface area (Å²) in [7, 11) is 3.11. The van der Waals surface area contributed by atoms with E-state index in [9.17, 15) is 4.79 Å². The molecule has 112 valence electrons. The van der Waals surface area contributed by atoms with Crippen molar-refractivity contribution in [2.24, 2.45) is 0 Å². The summed E-state index contributed by atoms with van der Waals surface area (Å²) in [5.41, 5.74) is 0. The molecule has 0 aliphatic rings. The Kier molecular flexibility index (Phi) is 6.45. The predicted octanol–water partition coefficient (Wildman–Crippen LogP) is 2.21. The van der Waals surface area contributed by atoms with Crippen molar-refractivity contribution < 1.29 is 19.0 Å². The van der Waals surface area contributed by atoms with Crippen LogP contribution in [0.25, 0.3) is 0 Å². The lowest BCUT2D eigenvalue weighted by Crippen LogP contribution is -2.37. The summed E-state index contributed by atoms with van der Waals surface area (Å²) in [5.74, 6) is 1.46. The van der Waals surface area contributed by atoms with Gasteiger partial charge in [0.25, 0.3) is 0 Å². The summed E-state index contributed by atoms with van der Waals surface area (Å²) < 4.78 is 16.2. The summed E-state index contributed by atoms with van der Waals surface area (Å²) >= 11 is 5.67. The lowest BCUT2D eigenvalue weighted by atomic mass is 10.3. The Balaban J connectivity index is 2.66. The topological polar surface area (TPSA) is 56.8 Å². The van der Waals surface area contributed by atoms with E-state index in [-0.39, 0.29) is 12.0 Å². The Bertz CT molecular complexity index is 451. The molecule has 0 heterocycles. The molecular weight excluding hydrogens is 282 g/mol. The third kappa shape index (κ3) is 4.49. The van der Waals surface area contributed by atoms with Crippen molar-refractivity contribution in [3.05, 3.63) is 18.2 Å². The molecule has 1 amide bonds. The van der Waals surface area contributed by atoms with Crippen LogP contribution in [0.2, 0.25) is 0 Å². The normalized spacial score (nSPS) is 13.2. The van der Waals surface area contributed by atoms with Crippen LogP contribution >= 0.6 is 11.6 Å². The minimum Gasteiger partial charge on any atom is -0.493 e. The molecule has 20 heavy (non-hydrogen) atoms. The molecule has 0 aliphatic carbocycles. The van der Waals surface area contributed by atoms with Gasteiger partial charge in [-0.15, -0.1) is 11.6 Å². The number of halogens is 1. The van der Waals surface area contributed by atoms with Gasteiger partial charge in [0.2, 0.25) is 11.7 Å². The molecule has 0 aromatic heterocycles. The van der Waals surface area contributed by atoms with Crippen LogP contribution in [-0.4, -0.2) is 38.2 Å². The highest BCUT2D eigenvalue weighted by molar-refractivity contribution is 6.30. The number of hydrogen-bond acceptors (Lipinski definition) is 4. The van der Waals surface area contributed by atoms with Gasteiger partial charge in [-0.3, -0.25) is 4.79 Å². The lowest BCUT2D eigenvalue weighted by Gasteiger charge is -2.19. The number of carbonyl (C=O) groups excluding carboxylic acids is 1. The first kappa shape index (κ1) is 16.4. The van der Waals surface area contributed by atoms with E-state index >= 15 is 0 Å². The fourth-order valence-electron chi connectivity index (χ4n) is 1.59. The molecule has 1 aromatic carbocycles. The van der Waals surface area contributed by atoms with E-state index < -0.39 is 5.38 Å². The van der Waals surface area contributed by atoms with Gasteiger partial charge in [0.05, 0.1) is 20.8 Å². The van der Waals surface area contributed by atoms with Gasteiger partial charge in [-0.25, -0.2) is 0 Å². The van der Waals surface area contributed by atoms with Gasteiger partial charge in [0.15, 0.2) is 11.5 Å². The van der Waals surface area contributed by atoms with E-state index in [1.165, 1.54) is 0 Å². The number of ether oxygens (including phenoxy) is 3. The summed E-state index contributed by atoms with van der Waals surface area (Å²) in [6.45, 7) is 3.82. The van der Waals surface area contributed by atoms with Crippen LogP contribution in [-0.2, 0) is 4.79 Å². The largest absolute Gasteiger partial charge is 0.493 e. The summed E-state index contributed by atoms with van der Waals surface area (Å²) in [6.07, 6.45) is -0.227. The van der Waals surface area contributed by atoms with Crippen LogP contribution in [0.5, 0.6) is 17.2 Å². The third-order valence-electron chi connectivity index (χ3n) is 2.62.